The Morgan fingerprint density at radius 2 is 1.94 bits per heavy atom. The summed E-state index contributed by atoms with van der Waals surface area (Å²) < 4.78 is 0. The summed E-state index contributed by atoms with van der Waals surface area (Å²) in [7, 11) is 3.88. The molecule has 1 aliphatic rings. The smallest absolute Gasteiger partial charge is 0.227 e. The van der Waals surface area contributed by atoms with Crippen molar-refractivity contribution in [3.63, 3.8) is 0 Å². The van der Waals surface area contributed by atoms with E-state index < -0.39 is 0 Å². The molecule has 1 aliphatic carbocycles. The Bertz CT molecular complexity index is 1280. The van der Waals surface area contributed by atoms with Crippen molar-refractivity contribution in [1.82, 2.24) is 14.9 Å². The summed E-state index contributed by atoms with van der Waals surface area (Å²) in [6, 6.07) is 13.2. The molecule has 0 atom stereocenters. The Morgan fingerprint density at radius 1 is 1.12 bits per heavy atom. The van der Waals surface area contributed by atoms with Gasteiger partial charge in [-0.2, -0.15) is 0 Å². The van der Waals surface area contributed by atoms with E-state index in [2.05, 4.69) is 20.6 Å². The highest BCUT2D eigenvalue weighted by molar-refractivity contribution is 6.23. The van der Waals surface area contributed by atoms with E-state index >= 15 is 0 Å². The summed E-state index contributed by atoms with van der Waals surface area (Å²) in [5, 5.41) is 6.98. The van der Waals surface area contributed by atoms with Crippen LogP contribution in [0.25, 0.3) is 16.5 Å². The van der Waals surface area contributed by atoms with Crippen molar-refractivity contribution in [2.45, 2.75) is 19.8 Å². The van der Waals surface area contributed by atoms with Gasteiger partial charge in [0.05, 0.1) is 5.52 Å². The maximum Gasteiger partial charge on any atom is 0.227 e. The third kappa shape index (κ3) is 5.51. The molecular formula is C26H27N5O2. The number of rotatable bonds is 7. The monoisotopic (exact) mass is 441 g/mol. The van der Waals surface area contributed by atoms with Crippen LogP contribution in [0.2, 0.25) is 0 Å². The summed E-state index contributed by atoms with van der Waals surface area (Å²) in [4.78, 5) is 35.5. The average molecular weight is 442 g/mol. The number of allylic oxidation sites excluding steroid dienone is 4. The molecule has 33 heavy (non-hydrogen) atoms. The van der Waals surface area contributed by atoms with Crippen LogP contribution >= 0.6 is 0 Å². The number of carbonyl (C=O) groups is 2. The number of nitrogens with one attached hydrogen (secondary N) is 2. The quantitative estimate of drug-likeness (QED) is 0.559. The van der Waals surface area contributed by atoms with E-state index in [0.717, 1.165) is 33.3 Å². The van der Waals surface area contributed by atoms with Crippen molar-refractivity contribution in [1.29, 1.82) is 0 Å². The van der Waals surface area contributed by atoms with Crippen LogP contribution < -0.4 is 10.6 Å². The van der Waals surface area contributed by atoms with Gasteiger partial charge in [0, 0.05) is 47.9 Å². The molecule has 0 saturated carbocycles. The van der Waals surface area contributed by atoms with Crippen LogP contribution in [0.1, 0.15) is 25.3 Å². The molecule has 0 bridgehead atoms. The molecule has 2 N–H and O–H groups in total. The number of hydrogen-bond donors (Lipinski definition) is 2. The maximum atomic E-state index is 12.4. The van der Waals surface area contributed by atoms with Crippen LogP contribution in [0.5, 0.6) is 0 Å². The lowest BCUT2D eigenvalue weighted by molar-refractivity contribution is -0.116. The van der Waals surface area contributed by atoms with E-state index in [1.54, 1.807) is 6.20 Å². The summed E-state index contributed by atoms with van der Waals surface area (Å²) >= 11 is 0. The highest BCUT2D eigenvalue weighted by Crippen LogP contribution is 2.28. The fourth-order valence-corrected chi connectivity index (χ4v) is 3.74. The Balaban J connectivity index is 1.50. The van der Waals surface area contributed by atoms with E-state index in [-0.39, 0.29) is 11.7 Å². The van der Waals surface area contributed by atoms with Gasteiger partial charge in [-0.05, 0) is 62.5 Å². The van der Waals surface area contributed by atoms with E-state index in [0.29, 0.717) is 31.0 Å². The summed E-state index contributed by atoms with van der Waals surface area (Å²) in [5.41, 5.74) is 4.88. The number of hydrogen-bond acceptors (Lipinski definition) is 6. The molecule has 0 fully saturated rings. The van der Waals surface area contributed by atoms with Crippen LogP contribution in [-0.2, 0) is 9.59 Å². The molecule has 4 rings (SSSR count). The summed E-state index contributed by atoms with van der Waals surface area (Å²) in [6.07, 6.45) is 6.49. The van der Waals surface area contributed by atoms with Gasteiger partial charge in [0.1, 0.15) is 0 Å². The fraction of sp³-hybridized carbons (Fsp3) is 0.231. The number of carbonyl (C=O) groups excluding carboxylic acids is 2. The van der Waals surface area contributed by atoms with Crippen molar-refractivity contribution in [2.24, 2.45) is 0 Å². The van der Waals surface area contributed by atoms with Crippen LogP contribution in [0.4, 0.5) is 17.3 Å². The van der Waals surface area contributed by atoms with Gasteiger partial charge in [0.2, 0.25) is 11.9 Å². The Morgan fingerprint density at radius 3 is 2.73 bits per heavy atom. The molecule has 3 aromatic rings. The number of Topliss-reactive ketones (excluding diaryl/α,β-unsaturated/α-hetero) is 1. The molecule has 0 unspecified atom stereocenters. The zero-order valence-corrected chi connectivity index (χ0v) is 19.1. The minimum absolute atomic E-state index is 0.0316. The van der Waals surface area contributed by atoms with Crippen molar-refractivity contribution >= 4 is 45.5 Å². The van der Waals surface area contributed by atoms with Gasteiger partial charge in [0.25, 0.3) is 0 Å². The second-order valence-corrected chi connectivity index (χ2v) is 8.36. The van der Waals surface area contributed by atoms with Crippen LogP contribution in [0.15, 0.2) is 66.4 Å². The first-order valence-corrected chi connectivity index (χ1v) is 10.9. The first kappa shape index (κ1) is 22.4. The molecule has 168 valence electrons. The highest BCUT2D eigenvalue weighted by atomic mass is 16.1. The van der Waals surface area contributed by atoms with E-state index in [1.165, 1.54) is 0 Å². The predicted molar refractivity (Wildman–Crippen MR) is 132 cm³/mol. The zero-order valence-electron chi connectivity index (χ0n) is 19.1. The lowest BCUT2D eigenvalue weighted by atomic mass is 9.91. The van der Waals surface area contributed by atoms with Gasteiger partial charge >= 0.3 is 0 Å². The molecule has 7 nitrogen and oxygen atoms in total. The SMILES string of the molecule is CC1=C(c2ccc3nc(Nc4cccc(NC(=O)CCN(C)C)c4)ncc3c2)C(=O)CC=C1. The Kier molecular flexibility index (Phi) is 6.60. The van der Waals surface area contributed by atoms with Crippen molar-refractivity contribution in [2.75, 3.05) is 31.3 Å². The molecule has 0 saturated heterocycles. The number of benzene rings is 2. The van der Waals surface area contributed by atoms with Gasteiger partial charge in [-0.15, -0.1) is 0 Å². The second kappa shape index (κ2) is 9.75. The zero-order chi connectivity index (χ0) is 23.4. The van der Waals surface area contributed by atoms with Crippen LogP contribution in [0, 0.1) is 0 Å². The number of nitrogens with zero attached hydrogens (tertiary/aromatic N) is 3. The molecule has 0 radical (unpaired) electrons. The van der Waals surface area contributed by atoms with E-state index in [4.69, 9.17) is 0 Å². The molecule has 0 aliphatic heterocycles. The lowest BCUT2D eigenvalue weighted by Gasteiger charge is -2.13. The minimum atomic E-state index is -0.0316. The first-order chi connectivity index (χ1) is 15.9. The molecular weight excluding hydrogens is 414 g/mol. The largest absolute Gasteiger partial charge is 0.326 e. The maximum absolute atomic E-state index is 12.4. The molecule has 2 aromatic carbocycles. The number of anilines is 3. The van der Waals surface area contributed by atoms with Gasteiger partial charge in [-0.25, -0.2) is 9.97 Å². The number of aromatic nitrogens is 2. The van der Waals surface area contributed by atoms with Gasteiger partial charge in [0.15, 0.2) is 5.78 Å². The van der Waals surface area contributed by atoms with Crippen molar-refractivity contribution < 1.29 is 9.59 Å². The normalized spacial score (nSPS) is 13.6. The number of fused-ring (bicyclic) bond motifs is 1. The molecule has 1 heterocycles. The van der Waals surface area contributed by atoms with Crippen LogP contribution in [-0.4, -0.2) is 47.2 Å². The lowest BCUT2D eigenvalue weighted by Crippen LogP contribution is -2.20. The molecule has 1 aromatic heterocycles. The van der Waals surface area contributed by atoms with Crippen molar-refractivity contribution in [3.05, 3.63) is 72.0 Å². The summed E-state index contributed by atoms with van der Waals surface area (Å²) in [6.45, 7) is 2.65. The average Bonchev–Trinajstić information content (AvgIpc) is 2.78. The third-order valence-corrected chi connectivity index (χ3v) is 5.40. The van der Waals surface area contributed by atoms with E-state index in [1.807, 2.05) is 80.5 Å². The predicted octanol–water partition coefficient (Wildman–Crippen LogP) is 4.57. The highest BCUT2D eigenvalue weighted by Gasteiger charge is 2.17. The number of ketones is 1. The van der Waals surface area contributed by atoms with Gasteiger partial charge in [-0.3, -0.25) is 9.59 Å². The van der Waals surface area contributed by atoms with Crippen molar-refractivity contribution in [3.8, 4) is 0 Å². The Hall–Kier alpha value is -3.84. The summed E-state index contributed by atoms with van der Waals surface area (Å²) in [5.74, 6) is 0.552. The molecule has 1 amide bonds. The van der Waals surface area contributed by atoms with Gasteiger partial charge in [-0.1, -0.05) is 24.3 Å². The fourth-order valence-electron chi connectivity index (χ4n) is 3.74. The standard InChI is InChI=1S/C26H27N5O2/c1-17-6-4-9-23(32)25(17)18-10-11-22-19(14-18)16-27-26(30-22)29-21-8-5-7-20(15-21)28-24(33)12-13-31(2)3/h4-8,10-11,14-16H,9,12-13H2,1-3H3,(H,28,33)(H,27,29,30). The first-order valence-electron chi connectivity index (χ1n) is 10.9. The molecule has 7 heteroatoms. The van der Waals surface area contributed by atoms with E-state index in [9.17, 15) is 9.59 Å². The molecule has 0 spiro atoms. The minimum Gasteiger partial charge on any atom is -0.326 e. The van der Waals surface area contributed by atoms with Gasteiger partial charge < -0.3 is 15.5 Å². The topological polar surface area (TPSA) is 87.2 Å². The Labute approximate surface area is 193 Å². The third-order valence-electron chi connectivity index (χ3n) is 5.40. The second-order valence-electron chi connectivity index (χ2n) is 8.36. The number of amides is 1. The van der Waals surface area contributed by atoms with Crippen LogP contribution in [0.3, 0.4) is 0 Å².